The van der Waals surface area contributed by atoms with Gasteiger partial charge in [0.15, 0.2) is 6.29 Å². The summed E-state index contributed by atoms with van der Waals surface area (Å²) in [6, 6.07) is 2.71. The van der Waals surface area contributed by atoms with Crippen LogP contribution in [0.15, 0.2) is 12.1 Å². The predicted octanol–water partition coefficient (Wildman–Crippen LogP) is 2.49. The molecule has 1 fully saturated rings. The molecule has 2 rings (SSSR count). The maximum absolute atomic E-state index is 12.6. The van der Waals surface area contributed by atoms with Gasteiger partial charge in [-0.25, -0.2) is 9.78 Å². The summed E-state index contributed by atoms with van der Waals surface area (Å²) in [7, 11) is 0. The predicted molar refractivity (Wildman–Crippen MR) is 80.6 cm³/mol. The molecular formula is C13H14F3N3O3S. The minimum absolute atomic E-state index is 0.0925. The lowest BCUT2D eigenvalue weighted by Crippen LogP contribution is -2.39. The molecule has 1 N–H and O–H groups in total. The number of carbonyl (C=O) groups excluding carboxylic acids is 1. The highest BCUT2D eigenvalue weighted by Crippen LogP contribution is 2.27. The number of hydrogen-bond donors (Lipinski definition) is 1. The van der Waals surface area contributed by atoms with Gasteiger partial charge in [-0.1, -0.05) is 0 Å². The number of carboxylic acid groups (broad SMARTS) is 1. The average Bonchev–Trinajstić information content (AvgIpc) is 2.52. The molecule has 0 unspecified atom stereocenters. The number of anilines is 2. The molecule has 0 atom stereocenters. The van der Waals surface area contributed by atoms with E-state index < -0.39 is 24.6 Å². The highest BCUT2D eigenvalue weighted by molar-refractivity contribution is 7.99. The third-order valence-electron chi connectivity index (χ3n) is 3.16. The van der Waals surface area contributed by atoms with Crippen molar-refractivity contribution < 1.29 is 27.9 Å². The van der Waals surface area contributed by atoms with Crippen LogP contribution in [-0.2, 0) is 0 Å². The van der Waals surface area contributed by atoms with E-state index >= 15 is 0 Å². The summed E-state index contributed by atoms with van der Waals surface area (Å²) in [5.74, 6) is 1.28. The largest absolute Gasteiger partial charge is 0.465 e. The Kier molecular flexibility index (Phi) is 5.34. The second-order valence-corrected chi connectivity index (χ2v) is 6.03. The van der Waals surface area contributed by atoms with Crippen LogP contribution in [-0.4, -0.2) is 59.8 Å². The molecule has 0 spiro atoms. The van der Waals surface area contributed by atoms with E-state index in [0.717, 1.165) is 11.5 Å². The lowest BCUT2D eigenvalue weighted by molar-refractivity contribution is -0.119. The second-order valence-electron chi connectivity index (χ2n) is 4.81. The van der Waals surface area contributed by atoms with Crippen LogP contribution in [0.2, 0.25) is 0 Å². The average molecular weight is 349 g/mol. The summed E-state index contributed by atoms with van der Waals surface area (Å²) in [4.78, 5) is 27.8. The quantitative estimate of drug-likeness (QED) is 0.842. The number of amides is 1. The molecule has 1 aliphatic rings. The minimum Gasteiger partial charge on any atom is -0.465 e. The fraction of sp³-hybridized carbons (Fsp3) is 0.462. The molecule has 0 saturated carbocycles. The van der Waals surface area contributed by atoms with Gasteiger partial charge >= 0.3 is 12.3 Å². The molecule has 0 aliphatic carbocycles. The van der Waals surface area contributed by atoms with Gasteiger partial charge in [-0.3, -0.25) is 9.69 Å². The molecule has 1 aromatic rings. The smallest absolute Gasteiger partial charge is 0.413 e. The molecule has 0 radical (unpaired) electrons. The Labute approximate surface area is 134 Å². The first-order chi connectivity index (χ1) is 10.8. The van der Waals surface area contributed by atoms with Crippen molar-refractivity contribution in [3.05, 3.63) is 17.8 Å². The van der Waals surface area contributed by atoms with E-state index in [1.165, 1.54) is 12.1 Å². The SMILES string of the molecule is O=Cc1cc(N2CCSCC2)cc(N(CC(F)(F)F)C(=O)O)n1. The second kappa shape index (κ2) is 7.07. The van der Waals surface area contributed by atoms with Crippen molar-refractivity contribution in [2.24, 2.45) is 0 Å². The molecule has 6 nitrogen and oxygen atoms in total. The van der Waals surface area contributed by atoms with Gasteiger partial charge in [-0.15, -0.1) is 0 Å². The topological polar surface area (TPSA) is 73.7 Å². The molecule has 1 saturated heterocycles. The van der Waals surface area contributed by atoms with Crippen LogP contribution in [0.4, 0.5) is 29.5 Å². The van der Waals surface area contributed by atoms with Gasteiger partial charge in [0.05, 0.1) is 0 Å². The normalized spacial score (nSPS) is 15.3. The summed E-state index contributed by atoms with van der Waals surface area (Å²) in [6.07, 6.45) is -6.10. The third-order valence-corrected chi connectivity index (χ3v) is 4.10. The molecular weight excluding hydrogens is 335 g/mol. The highest BCUT2D eigenvalue weighted by atomic mass is 32.2. The van der Waals surface area contributed by atoms with E-state index in [1.54, 1.807) is 11.8 Å². The molecule has 1 aromatic heterocycles. The van der Waals surface area contributed by atoms with Crippen molar-refractivity contribution in [1.29, 1.82) is 0 Å². The summed E-state index contributed by atoms with van der Waals surface area (Å²) in [5.41, 5.74) is 0.384. The number of alkyl halides is 3. The van der Waals surface area contributed by atoms with E-state index in [9.17, 15) is 22.8 Å². The zero-order chi connectivity index (χ0) is 17.0. The monoisotopic (exact) mass is 349 g/mol. The molecule has 1 aliphatic heterocycles. The molecule has 0 bridgehead atoms. The van der Waals surface area contributed by atoms with Crippen LogP contribution in [0, 0.1) is 0 Å². The van der Waals surface area contributed by atoms with E-state index in [0.29, 0.717) is 25.1 Å². The number of thioether (sulfide) groups is 1. The standard InChI is InChI=1S/C13H14F3N3O3S/c14-13(15,16)8-19(12(21)22)11-6-10(5-9(7-20)17-11)18-1-3-23-4-2-18/h5-7H,1-4,8H2,(H,21,22). The Morgan fingerprint density at radius 3 is 2.57 bits per heavy atom. The Morgan fingerprint density at radius 1 is 1.39 bits per heavy atom. The van der Waals surface area contributed by atoms with E-state index in [4.69, 9.17) is 5.11 Å². The van der Waals surface area contributed by atoms with Crippen molar-refractivity contribution >= 4 is 35.6 Å². The van der Waals surface area contributed by atoms with Gasteiger partial charge in [-0.05, 0) is 6.07 Å². The summed E-state index contributed by atoms with van der Waals surface area (Å²) in [5, 5.41) is 9.04. The molecule has 126 valence electrons. The number of nitrogens with zero attached hydrogens (tertiary/aromatic N) is 3. The van der Waals surface area contributed by atoms with E-state index in [2.05, 4.69) is 4.98 Å². The number of aromatic nitrogens is 1. The van der Waals surface area contributed by atoms with Gasteiger partial charge in [0.2, 0.25) is 0 Å². The first-order valence-electron chi connectivity index (χ1n) is 6.67. The Bertz CT molecular complexity index is 592. The molecule has 2 heterocycles. The van der Waals surface area contributed by atoms with Gasteiger partial charge in [-0.2, -0.15) is 24.9 Å². The first kappa shape index (κ1) is 17.4. The van der Waals surface area contributed by atoms with Crippen molar-refractivity contribution in [1.82, 2.24) is 4.98 Å². The number of hydrogen-bond acceptors (Lipinski definition) is 5. The maximum Gasteiger partial charge on any atom is 0.413 e. The Balaban J connectivity index is 2.38. The van der Waals surface area contributed by atoms with Crippen LogP contribution in [0.1, 0.15) is 10.5 Å². The zero-order valence-electron chi connectivity index (χ0n) is 11.9. The highest BCUT2D eigenvalue weighted by Gasteiger charge is 2.35. The van der Waals surface area contributed by atoms with Crippen LogP contribution >= 0.6 is 11.8 Å². The maximum atomic E-state index is 12.6. The number of aldehydes is 1. The summed E-state index contributed by atoms with van der Waals surface area (Å²) < 4.78 is 37.7. The van der Waals surface area contributed by atoms with Crippen molar-refractivity contribution in [3.8, 4) is 0 Å². The van der Waals surface area contributed by atoms with Gasteiger partial charge < -0.3 is 10.0 Å². The zero-order valence-corrected chi connectivity index (χ0v) is 12.7. The fourth-order valence-corrected chi connectivity index (χ4v) is 3.05. The molecule has 23 heavy (non-hydrogen) atoms. The Hall–Kier alpha value is -1.97. The summed E-state index contributed by atoms with van der Waals surface area (Å²) >= 11 is 1.75. The fourth-order valence-electron chi connectivity index (χ4n) is 2.15. The van der Waals surface area contributed by atoms with Gasteiger partial charge in [0.1, 0.15) is 18.1 Å². The summed E-state index contributed by atoms with van der Waals surface area (Å²) in [6.45, 7) is -0.357. The number of rotatable bonds is 4. The molecule has 0 aromatic carbocycles. The van der Waals surface area contributed by atoms with Crippen molar-refractivity contribution in [3.63, 3.8) is 0 Å². The van der Waals surface area contributed by atoms with Crippen LogP contribution in [0.5, 0.6) is 0 Å². The molecule has 10 heteroatoms. The van der Waals surface area contributed by atoms with E-state index in [1.807, 2.05) is 4.90 Å². The van der Waals surface area contributed by atoms with Crippen molar-refractivity contribution in [2.45, 2.75) is 6.18 Å². The molecule has 1 amide bonds. The van der Waals surface area contributed by atoms with Crippen LogP contribution in [0.25, 0.3) is 0 Å². The van der Waals surface area contributed by atoms with Crippen LogP contribution < -0.4 is 9.80 Å². The number of carbonyl (C=O) groups is 2. The number of halogens is 3. The minimum atomic E-state index is -4.71. The Morgan fingerprint density at radius 2 is 2.04 bits per heavy atom. The van der Waals surface area contributed by atoms with E-state index in [-0.39, 0.29) is 10.6 Å². The lowest BCUT2D eigenvalue weighted by atomic mass is 10.2. The lowest BCUT2D eigenvalue weighted by Gasteiger charge is -2.29. The van der Waals surface area contributed by atoms with Gasteiger partial charge in [0, 0.05) is 36.3 Å². The van der Waals surface area contributed by atoms with Crippen molar-refractivity contribution in [2.75, 3.05) is 40.9 Å². The third kappa shape index (κ3) is 4.75. The van der Waals surface area contributed by atoms with Crippen LogP contribution in [0.3, 0.4) is 0 Å². The van der Waals surface area contributed by atoms with Gasteiger partial charge in [0.25, 0.3) is 0 Å². The number of pyridine rings is 1. The first-order valence-corrected chi connectivity index (χ1v) is 7.83.